The Bertz CT molecular complexity index is 937. The first-order chi connectivity index (χ1) is 15.1. The molecule has 0 aliphatic carbocycles. The van der Waals surface area contributed by atoms with E-state index in [1.165, 1.54) is 0 Å². The third kappa shape index (κ3) is 4.55. The van der Waals surface area contributed by atoms with Crippen LogP contribution >= 0.6 is 0 Å². The van der Waals surface area contributed by atoms with Crippen LogP contribution in [-0.4, -0.2) is 66.9 Å². The van der Waals surface area contributed by atoms with Crippen molar-refractivity contribution < 1.29 is 19.1 Å². The van der Waals surface area contributed by atoms with Crippen molar-refractivity contribution in [2.45, 2.75) is 13.3 Å². The number of carbonyl (C=O) groups is 3. The van der Waals surface area contributed by atoms with E-state index in [1.54, 1.807) is 26.8 Å². The predicted molar refractivity (Wildman–Crippen MR) is 117 cm³/mol. The molecule has 2 saturated heterocycles. The zero-order chi connectivity index (χ0) is 21.8. The number of piperazine rings is 1. The van der Waals surface area contributed by atoms with Gasteiger partial charge in [-0.1, -0.05) is 18.2 Å². The first-order valence-corrected chi connectivity index (χ1v) is 10.7. The molecule has 0 N–H and O–H groups in total. The summed E-state index contributed by atoms with van der Waals surface area (Å²) >= 11 is 0. The molecule has 0 unspecified atom stereocenters. The summed E-state index contributed by atoms with van der Waals surface area (Å²) in [5.74, 6) is 0.350. The van der Waals surface area contributed by atoms with Gasteiger partial charge in [0.25, 0.3) is 5.91 Å². The van der Waals surface area contributed by atoms with Gasteiger partial charge in [-0.25, -0.2) is 0 Å². The van der Waals surface area contributed by atoms with Gasteiger partial charge in [-0.3, -0.25) is 14.4 Å². The Balaban J connectivity index is 1.33. The highest BCUT2D eigenvalue weighted by Crippen LogP contribution is 2.28. The van der Waals surface area contributed by atoms with Crippen molar-refractivity contribution in [1.82, 2.24) is 9.80 Å². The second kappa shape index (κ2) is 9.20. The monoisotopic (exact) mass is 421 g/mol. The van der Waals surface area contributed by atoms with E-state index in [-0.39, 0.29) is 30.1 Å². The van der Waals surface area contributed by atoms with Crippen molar-refractivity contribution in [2.75, 3.05) is 44.2 Å². The average molecular weight is 421 g/mol. The number of carbonyl (C=O) groups excluding carboxylic acids is 3. The maximum absolute atomic E-state index is 13.0. The van der Waals surface area contributed by atoms with Gasteiger partial charge in [-0.2, -0.15) is 0 Å². The first kappa shape index (κ1) is 20.9. The van der Waals surface area contributed by atoms with Gasteiger partial charge >= 0.3 is 0 Å². The lowest BCUT2D eigenvalue weighted by Gasteiger charge is -2.36. The molecule has 0 aromatic heterocycles. The third-order valence-electron chi connectivity index (χ3n) is 5.83. The van der Waals surface area contributed by atoms with E-state index in [9.17, 15) is 14.4 Å². The maximum Gasteiger partial charge on any atom is 0.253 e. The molecule has 2 aromatic rings. The van der Waals surface area contributed by atoms with Crippen LogP contribution in [0.3, 0.4) is 0 Å². The van der Waals surface area contributed by atoms with E-state index in [0.717, 1.165) is 11.4 Å². The zero-order valence-corrected chi connectivity index (χ0v) is 17.7. The van der Waals surface area contributed by atoms with Crippen LogP contribution in [0.15, 0.2) is 54.6 Å². The molecule has 0 bridgehead atoms. The third-order valence-corrected chi connectivity index (χ3v) is 5.83. The highest BCUT2D eigenvalue weighted by atomic mass is 16.5. The Hall–Kier alpha value is -3.35. The molecule has 0 radical (unpaired) electrons. The molecule has 3 amide bonds. The fourth-order valence-corrected chi connectivity index (χ4v) is 4.16. The number of rotatable bonds is 5. The van der Waals surface area contributed by atoms with Crippen molar-refractivity contribution >= 4 is 23.4 Å². The van der Waals surface area contributed by atoms with Gasteiger partial charge < -0.3 is 19.4 Å². The minimum absolute atomic E-state index is 0.00593. The molecule has 162 valence electrons. The van der Waals surface area contributed by atoms with Crippen molar-refractivity contribution in [3.05, 3.63) is 60.2 Å². The van der Waals surface area contributed by atoms with E-state index in [2.05, 4.69) is 0 Å². The lowest BCUT2D eigenvalue weighted by Crippen LogP contribution is -2.52. The molecular weight excluding hydrogens is 394 g/mol. The fraction of sp³-hybridized carbons (Fsp3) is 0.375. The van der Waals surface area contributed by atoms with Crippen molar-refractivity contribution in [1.29, 1.82) is 0 Å². The second-order valence-corrected chi connectivity index (χ2v) is 7.82. The van der Waals surface area contributed by atoms with Gasteiger partial charge in [0, 0.05) is 50.4 Å². The van der Waals surface area contributed by atoms with Crippen molar-refractivity contribution in [3.8, 4) is 5.75 Å². The Morgan fingerprint density at radius 1 is 0.935 bits per heavy atom. The Kier molecular flexibility index (Phi) is 6.21. The molecule has 0 saturated carbocycles. The Morgan fingerprint density at radius 2 is 1.58 bits per heavy atom. The Labute approximate surface area is 182 Å². The second-order valence-electron chi connectivity index (χ2n) is 7.82. The summed E-state index contributed by atoms with van der Waals surface area (Å²) in [6, 6.07) is 16.6. The van der Waals surface area contributed by atoms with Crippen LogP contribution in [0.1, 0.15) is 23.7 Å². The van der Waals surface area contributed by atoms with Crippen molar-refractivity contribution in [3.63, 3.8) is 0 Å². The minimum Gasteiger partial charge on any atom is -0.494 e. The lowest BCUT2D eigenvalue weighted by molar-refractivity contribution is -0.137. The number of ether oxygens (including phenoxy) is 1. The number of nitrogens with zero attached hydrogens (tertiary/aromatic N) is 3. The lowest BCUT2D eigenvalue weighted by atomic mass is 10.1. The summed E-state index contributed by atoms with van der Waals surface area (Å²) in [6.45, 7) is 4.88. The number of amides is 3. The van der Waals surface area contributed by atoms with E-state index < -0.39 is 0 Å². The van der Waals surface area contributed by atoms with Gasteiger partial charge in [0.05, 0.1) is 12.5 Å². The van der Waals surface area contributed by atoms with Crippen LogP contribution in [0.4, 0.5) is 5.69 Å². The summed E-state index contributed by atoms with van der Waals surface area (Å²) in [4.78, 5) is 43.4. The molecule has 0 spiro atoms. The number of hydrogen-bond donors (Lipinski definition) is 0. The smallest absolute Gasteiger partial charge is 0.253 e. The highest BCUT2D eigenvalue weighted by Gasteiger charge is 2.38. The fourth-order valence-electron chi connectivity index (χ4n) is 4.16. The van der Waals surface area contributed by atoms with Crippen LogP contribution < -0.4 is 9.64 Å². The normalized spacial score (nSPS) is 18.9. The minimum atomic E-state index is -0.351. The molecular formula is C24H27N3O4. The molecule has 7 nitrogen and oxygen atoms in total. The van der Waals surface area contributed by atoms with Gasteiger partial charge in [0.1, 0.15) is 5.75 Å². The molecule has 4 rings (SSSR count). The highest BCUT2D eigenvalue weighted by molar-refractivity contribution is 6.00. The van der Waals surface area contributed by atoms with Crippen LogP contribution in [-0.2, 0) is 9.59 Å². The van der Waals surface area contributed by atoms with E-state index in [1.807, 2.05) is 49.4 Å². The van der Waals surface area contributed by atoms with Gasteiger partial charge in [0.2, 0.25) is 11.8 Å². The van der Waals surface area contributed by atoms with E-state index >= 15 is 0 Å². The zero-order valence-electron chi connectivity index (χ0n) is 17.7. The summed E-state index contributed by atoms with van der Waals surface area (Å²) in [5, 5.41) is 0. The van der Waals surface area contributed by atoms with Gasteiger partial charge in [0.15, 0.2) is 0 Å². The molecule has 1 atom stereocenters. The SMILES string of the molecule is CCOc1ccc(N2C[C@H](C(=O)N3CCN(C(=O)c4ccccc4)CC3)CC2=O)cc1. The van der Waals surface area contributed by atoms with E-state index in [4.69, 9.17) is 4.74 Å². The molecule has 2 fully saturated rings. The standard InChI is InChI=1S/C24H27N3O4/c1-2-31-21-10-8-20(9-11-21)27-17-19(16-22(27)28)24(30)26-14-12-25(13-15-26)23(29)18-6-4-3-5-7-18/h3-11,19H,2,12-17H2,1H3/t19-/m1/s1. The summed E-state index contributed by atoms with van der Waals surface area (Å²) < 4.78 is 5.45. The summed E-state index contributed by atoms with van der Waals surface area (Å²) in [7, 11) is 0. The van der Waals surface area contributed by atoms with Crippen LogP contribution in [0.5, 0.6) is 5.75 Å². The molecule has 2 aliphatic rings. The summed E-state index contributed by atoms with van der Waals surface area (Å²) in [6.07, 6.45) is 0.217. The van der Waals surface area contributed by atoms with Crippen molar-refractivity contribution in [2.24, 2.45) is 5.92 Å². The molecule has 7 heteroatoms. The van der Waals surface area contributed by atoms with E-state index in [0.29, 0.717) is 44.9 Å². The number of hydrogen-bond acceptors (Lipinski definition) is 4. The largest absolute Gasteiger partial charge is 0.494 e. The molecule has 2 aliphatic heterocycles. The van der Waals surface area contributed by atoms with Crippen LogP contribution in [0.2, 0.25) is 0 Å². The van der Waals surface area contributed by atoms with Crippen LogP contribution in [0, 0.1) is 5.92 Å². The molecule has 2 aromatic carbocycles. The van der Waals surface area contributed by atoms with Gasteiger partial charge in [-0.05, 0) is 43.3 Å². The molecule has 31 heavy (non-hydrogen) atoms. The number of benzene rings is 2. The number of anilines is 1. The Morgan fingerprint density at radius 3 is 2.23 bits per heavy atom. The predicted octanol–water partition coefficient (Wildman–Crippen LogP) is 2.42. The topological polar surface area (TPSA) is 70.2 Å². The maximum atomic E-state index is 13.0. The first-order valence-electron chi connectivity index (χ1n) is 10.7. The molecule has 2 heterocycles. The quantitative estimate of drug-likeness (QED) is 0.744. The average Bonchev–Trinajstić information content (AvgIpc) is 3.21. The van der Waals surface area contributed by atoms with Gasteiger partial charge in [-0.15, -0.1) is 0 Å². The van der Waals surface area contributed by atoms with Crippen LogP contribution in [0.25, 0.3) is 0 Å². The summed E-state index contributed by atoms with van der Waals surface area (Å²) in [5.41, 5.74) is 1.44.